The monoisotopic (exact) mass is 437 g/mol. The molecule has 1 unspecified atom stereocenters. The highest BCUT2D eigenvalue weighted by atomic mass is 16.5. The first kappa shape index (κ1) is 22.1. The fourth-order valence-corrected chi connectivity index (χ4v) is 4.90. The minimum Gasteiger partial charge on any atom is -0.482 e. The maximum absolute atomic E-state index is 13.3. The molecule has 0 bridgehead atoms. The van der Waals surface area contributed by atoms with Gasteiger partial charge in [-0.1, -0.05) is 18.2 Å². The van der Waals surface area contributed by atoms with E-state index in [-0.39, 0.29) is 23.9 Å². The molecule has 1 aliphatic heterocycles. The number of carbonyl (C=O) groups is 1. The Labute approximate surface area is 187 Å². The number of aryl methyl sites for hydroxylation is 1. The molecule has 0 spiro atoms. The molecule has 3 heterocycles. The molecule has 1 atom stereocenters. The molecule has 1 amide bonds. The number of aromatic amines is 1. The third-order valence-electron chi connectivity index (χ3n) is 6.60. The summed E-state index contributed by atoms with van der Waals surface area (Å²) in [5.41, 5.74) is 3.60. The Bertz CT molecular complexity index is 1190. The Kier molecular flexibility index (Phi) is 6.37. The summed E-state index contributed by atoms with van der Waals surface area (Å²) in [6.07, 6.45) is 2.04. The number of rotatable bonds is 6. The predicted molar refractivity (Wildman–Crippen MR) is 124 cm³/mol. The van der Waals surface area contributed by atoms with E-state index in [0.717, 1.165) is 42.7 Å². The van der Waals surface area contributed by atoms with Crippen LogP contribution in [-0.2, 0) is 11.3 Å². The Morgan fingerprint density at radius 3 is 2.72 bits per heavy atom. The molecule has 0 radical (unpaired) electrons. The van der Waals surface area contributed by atoms with Crippen LogP contribution in [0.4, 0.5) is 0 Å². The van der Waals surface area contributed by atoms with Crippen LogP contribution in [0.1, 0.15) is 53.1 Å². The maximum atomic E-state index is 13.3. The second-order valence-electron chi connectivity index (χ2n) is 8.55. The molecular formula is C25H31N3O4. The third kappa shape index (κ3) is 4.05. The van der Waals surface area contributed by atoms with E-state index in [9.17, 15) is 9.59 Å². The van der Waals surface area contributed by atoms with Gasteiger partial charge in [-0.25, -0.2) is 0 Å². The molecule has 0 aliphatic carbocycles. The molecule has 3 aromatic rings. The lowest BCUT2D eigenvalue weighted by Gasteiger charge is -2.30. The van der Waals surface area contributed by atoms with Gasteiger partial charge in [-0.3, -0.25) is 9.59 Å². The molecule has 7 heteroatoms. The van der Waals surface area contributed by atoms with E-state index in [2.05, 4.69) is 27.9 Å². The van der Waals surface area contributed by atoms with E-state index in [1.165, 1.54) is 13.2 Å². The Morgan fingerprint density at radius 2 is 2.00 bits per heavy atom. The normalized spacial score (nSPS) is 15.6. The van der Waals surface area contributed by atoms with Crippen molar-refractivity contribution in [3.63, 3.8) is 0 Å². The lowest BCUT2D eigenvalue weighted by Crippen LogP contribution is -2.28. The van der Waals surface area contributed by atoms with E-state index in [0.29, 0.717) is 28.6 Å². The zero-order valence-electron chi connectivity index (χ0n) is 19.2. The van der Waals surface area contributed by atoms with Crippen molar-refractivity contribution < 1.29 is 14.3 Å². The maximum Gasteiger partial charge on any atom is 0.254 e. The number of carbonyl (C=O) groups excluding carboxylic acids is 1. The molecule has 1 aromatic carbocycles. The third-order valence-corrected chi connectivity index (χ3v) is 6.60. The average Bonchev–Trinajstić information content (AvgIpc) is 3.09. The quantitative estimate of drug-likeness (QED) is 0.613. The summed E-state index contributed by atoms with van der Waals surface area (Å²) in [6, 6.07) is 9.79. The van der Waals surface area contributed by atoms with Crippen molar-refractivity contribution >= 4 is 16.8 Å². The van der Waals surface area contributed by atoms with Crippen LogP contribution in [0.3, 0.4) is 0 Å². The number of ether oxygens (including phenoxy) is 2. The first-order valence-corrected chi connectivity index (χ1v) is 11.1. The van der Waals surface area contributed by atoms with Crippen LogP contribution in [0, 0.1) is 19.8 Å². The Morgan fingerprint density at radius 1 is 1.28 bits per heavy atom. The largest absolute Gasteiger partial charge is 0.482 e. The van der Waals surface area contributed by atoms with Crippen molar-refractivity contribution in [2.24, 2.45) is 5.92 Å². The first-order chi connectivity index (χ1) is 15.4. The van der Waals surface area contributed by atoms with Crippen LogP contribution in [0.25, 0.3) is 10.9 Å². The minimum absolute atomic E-state index is 0.0894. The molecule has 7 nitrogen and oxygen atoms in total. The molecule has 1 saturated heterocycles. The highest BCUT2D eigenvalue weighted by Crippen LogP contribution is 2.35. The van der Waals surface area contributed by atoms with E-state index in [1.54, 1.807) is 6.92 Å². The van der Waals surface area contributed by atoms with Gasteiger partial charge in [-0.2, -0.15) is 0 Å². The number of H-pyrrole nitrogens is 1. The zero-order chi connectivity index (χ0) is 22.8. The van der Waals surface area contributed by atoms with E-state index in [4.69, 9.17) is 9.47 Å². The van der Waals surface area contributed by atoms with Crippen molar-refractivity contribution in [1.29, 1.82) is 0 Å². The second-order valence-corrected chi connectivity index (χ2v) is 8.55. The lowest BCUT2D eigenvalue weighted by atomic mass is 9.92. The summed E-state index contributed by atoms with van der Waals surface area (Å²) < 4.78 is 13.2. The molecule has 1 fully saturated rings. The van der Waals surface area contributed by atoms with Gasteiger partial charge in [-0.15, -0.1) is 0 Å². The number of benzene rings is 1. The van der Waals surface area contributed by atoms with Gasteiger partial charge < -0.3 is 24.3 Å². The fraction of sp³-hybridized carbons (Fsp3) is 0.440. The SMILES string of the molecule is COc1[nH]c(C)cc(=O)c1CNC(=O)c1c(C)n(C(C)C2CCOCC2)c2ccccc12. The summed E-state index contributed by atoms with van der Waals surface area (Å²) in [6.45, 7) is 7.69. The van der Waals surface area contributed by atoms with Crippen molar-refractivity contribution in [1.82, 2.24) is 14.9 Å². The number of amides is 1. The number of methoxy groups -OCH3 is 1. The number of fused-ring (bicyclic) bond motifs is 1. The summed E-state index contributed by atoms with van der Waals surface area (Å²) >= 11 is 0. The number of pyridine rings is 1. The van der Waals surface area contributed by atoms with Crippen LogP contribution < -0.4 is 15.5 Å². The summed E-state index contributed by atoms with van der Waals surface area (Å²) in [7, 11) is 1.51. The Balaban J connectivity index is 1.67. The topological polar surface area (TPSA) is 85.4 Å². The average molecular weight is 438 g/mol. The summed E-state index contributed by atoms with van der Waals surface area (Å²) in [5, 5.41) is 3.87. The molecule has 4 rings (SSSR count). The van der Waals surface area contributed by atoms with Crippen LogP contribution in [0.2, 0.25) is 0 Å². The van der Waals surface area contributed by atoms with Crippen molar-refractivity contribution in [2.75, 3.05) is 20.3 Å². The van der Waals surface area contributed by atoms with E-state index >= 15 is 0 Å². The van der Waals surface area contributed by atoms with Crippen molar-refractivity contribution in [2.45, 2.75) is 46.2 Å². The number of nitrogens with one attached hydrogen (secondary N) is 2. The molecule has 0 saturated carbocycles. The number of hydrogen-bond donors (Lipinski definition) is 2. The summed E-state index contributed by atoms with van der Waals surface area (Å²) in [4.78, 5) is 28.8. The van der Waals surface area contributed by atoms with Gasteiger partial charge in [0.15, 0.2) is 11.3 Å². The van der Waals surface area contributed by atoms with Gasteiger partial charge in [0.05, 0.1) is 24.8 Å². The van der Waals surface area contributed by atoms with Gasteiger partial charge in [0.25, 0.3) is 5.91 Å². The molecule has 32 heavy (non-hydrogen) atoms. The van der Waals surface area contributed by atoms with Gasteiger partial charge in [0.1, 0.15) is 0 Å². The van der Waals surface area contributed by atoms with Crippen molar-refractivity contribution in [3.05, 3.63) is 63.1 Å². The number of hydrogen-bond acceptors (Lipinski definition) is 4. The highest BCUT2D eigenvalue weighted by Gasteiger charge is 2.27. The van der Waals surface area contributed by atoms with Gasteiger partial charge in [-0.05, 0) is 45.6 Å². The highest BCUT2D eigenvalue weighted by molar-refractivity contribution is 6.08. The smallest absolute Gasteiger partial charge is 0.254 e. The lowest BCUT2D eigenvalue weighted by molar-refractivity contribution is 0.0517. The molecular weight excluding hydrogens is 406 g/mol. The number of para-hydroxylation sites is 1. The van der Waals surface area contributed by atoms with Gasteiger partial charge in [0, 0.05) is 47.6 Å². The first-order valence-electron chi connectivity index (χ1n) is 11.1. The van der Waals surface area contributed by atoms with Crippen molar-refractivity contribution in [3.8, 4) is 5.88 Å². The standard InChI is InChI=1S/C25H31N3O4/c1-15-13-22(29)20(25(27-15)31-4)14-26-24(30)23-17(3)28(21-8-6-5-7-19(21)23)16(2)18-9-11-32-12-10-18/h5-8,13,16,18H,9-12,14H2,1-4H3,(H,26,30)(H,27,29). The van der Waals surface area contributed by atoms with Crippen LogP contribution in [0.5, 0.6) is 5.88 Å². The van der Waals surface area contributed by atoms with Crippen LogP contribution in [-0.4, -0.2) is 35.8 Å². The second kappa shape index (κ2) is 9.20. The molecule has 2 N–H and O–H groups in total. The predicted octanol–water partition coefficient (Wildman–Crippen LogP) is 3.87. The van der Waals surface area contributed by atoms with Crippen LogP contribution in [0.15, 0.2) is 35.1 Å². The van der Waals surface area contributed by atoms with Gasteiger partial charge in [0.2, 0.25) is 0 Å². The Hall–Kier alpha value is -3.06. The van der Waals surface area contributed by atoms with Crippen LogP contribution >= 0.6 is 0 Å². The number of aromatic nitrogens is 2. The molecule has 1 aliphatic rings. The summed E-state index contributed by atoms with van der Waals surface area (Å²) in [5.74, 6) is 0.686. The zero-order valence-corrected chi connectivity index (χ0v) is 19.2. The van der Waals surface area contributed by atoms with E-state index in [1.807, 2.05) is 25.1 Å². The molecule has 170 valence electrons. The molecule has 2 aromatic heterocycles. The minimum atomic E-state index is -0.196. The number of nitrogens with zero attached hydrogens (tertiary/aromatic N) is 1. The van der Waals surface area contributed by atoms with Gasteiger partial charge >= 0.3 is 0 Å². The fourth-order valence-electron chi connectivity index (χ4n) is 4.90. The van der Waals surface area contributed by atoms with E-state index < -0.39 is 0 Å².